The molecule has 2 unspecified atom stereocenters. The largest absolute Gasteiger partial charge is 0.389 e. The molecule has 1 fully saturated rings. The summed E-state index contributed by atoms with van der Waals surface area (Å²) in [6.07, 6.45) is 8.71. The van der Waals surface area contributed by atoms with Crippen LogP contribution in [-0.2, 0) is 13.0 Å². The van der Waals surface area contributed by atoms with Gasteiger partial charge in [-0.2, -0.15) is 5.10 Å². The minimum atomic E-state index is -0.558. The molecule has 1 aliphatic carbocycles. The zero-order chi connectivity index (χ0) is 13.0. The quantitative estimate of drug-likeness (QED) is 0.875. The highest BCUT2D eigenvalue weighted by molar-refractivity contribution is 4.97. The van der Waals surface area contributed by atoms with Crippen LogP contribution in [0.15, 0.2) is 6.33 Å². The molecule has 0 radical (unpaired) electrons. The molecule has 1 aromatic heterocycles. The van der Waals surface area contributed by atoms with Gasteiger partial charge in [-0.15, -0.1) is 0 Å². The summed E-state index contributed by atoms with van der Waals surface area (Å²) in [5.41, 5.74) is -0.558. The lowest BCUT2D eigenvalue weighted by atomic mass is 9.75. The minimum Gasteiger partial charge on any atom is -0.389 e. The number of rotatable bonds is 5. The Labute approximate surface area is 109 Å². The highest BCUT2D eigenvalue weighted by Crippen LogP contribution is 2.35. The van der Waals surface area contributed by atoms with Crippen molar-refractivity contribution in [1.82, 2.24) is 14.8 Å². The normalized spacial score (nSPS) is 28.5. The molecule has 0 bridgehead atoms. The summed E-state index contributed by atoms with van der Waals surface area (Å²) in [6, 6.07) is 0. The SMILES string of the molecule is CCCn1ncnc1CC1(O)CCCC(CC)C1. The Kier molecular flexibility index (Phi) is 4.38. The summed E-state index contributed by atoms with van der Waals surface area (Å²) < 4.78 is 1.94. The lowest BCUT2D eigenvalue weighted by Gasteiger charge is -2.36. The smallest absolute Gasteiger partial charge is 0.138 e. The summed E-state index contributed by atoms with van der Waals surface area (Å²) in [4.78, 5) is 4.32. The van der Waals surface area contributed by atoms with Crippen LogP contribution in [0.5, 0.6) is 0 Å². The van der Waals surface area contributed by atoms with E-state index in [0.717, 1.165) is 38.1 Å². The van der Waals surface area contributed by atoms with Crippen LogP contribution in [0.3, 0.4) is 0 Å². The lowest BCUT2D eigenvalue weighted by Crippen LogP contribution is -2.38. The van der Waals surface area contributed by atoms with Crippen LogP contribution in [0.4, 0.5) is 0 Å². The van der Waals surface area contributed by atoms with Gasteiger partial charge in [0.15, 0.2) is 0 Å². The van der Waals surface area contributed by atoms with E-state index in [1.807, 2.05) is 4.68 Å². The van der Waals surface area contributed by atoms with Crippen molar-refractivity contribution in [2.75, 3.05) is 0 Å². The topological polar surface area (TPSA) is 50.9 Å². The van der Waals surface area contributed by atoms with E-state index in [1.54, 1.807) is 6.33 Å². The van der Waals surface area contributed by atoms with Gasteiger partial charge in [0.2, 0.25) is 0 Å². The standard InChI is InChI=1S/C14H25N3O/c1-3-8-17-13(15-11-16-17)10-14(18)7-5-6-12(4-2)9-14/h11-12,18H,3-10H2,1-2H3. The molecular weight excluding hydrogens is 226 g/mol. The Hall–Kier alpha value is -0.900. The van der Waals surface area contributed by atoms with Gasteiger partial charge >= 0.3 is 0 Å². The van der Waals surface area contributed by atoms with Gasteiger partial charge in [0.1, 0.15) is 12.2 Å². The monoisotopic (exact) mass is 251 g/mol. The van der Waals surface area contributed by atoms with E-state index in [0.29, 0.717) is 12.3 Å². The first-order valence-electron chi connectivity index (χ1n) is 7.26. The summed E-state index contributed by atoms with van der Waals surface area (Å²) in [6.45, 7) is 5.24. The van der Waals surface area contributed by atoms with Crippen LogP contribution in [0, 0.1) is 5.92 Å². The van der Waals surface area contributed by atoms with Gasteiger partial charge in [-0.3, -0.25) is 4.68 Å². The van der Waals surface area contributed by atoms with Gasteiger partial charge in [-0.1, -0.05) is 33.1 Å². The Bertz CT molecular complexity index is 377. The van der Waals surface area contributed by atoms with Crippen LogP contribution in [0.25, 0.3) is 0 Å². The molecule has 1 aromatic rings. The fraction of sp³-hybridized carbons (Fsp3) is 0.857. The molecule has 0 spiro atoms. The fourth-order valence-corrected chi connectivity index (χ4v) is 3.09. The predicted molar refractivity (Wildman–Crippen MR) is 71.2 cm³/mol. The van der Waals surface area contributed by atoms with Crippen molar-refractivity contribution in [2.24, 2.45) is 5.92 Å². The van der Waals surface area contributed by atoms with Crippen molar-refractivity contribution in [2.45, 2.75) is 70.9 Å². The second-order valence-corrected chi connectivity index (χ2v) is 5.67. The maximum absolute atomic E-state index is 10.8. The summed E-state index contributed by atoms with van der Waals surface area (Å²) in [7, 11) is 0. The molecule has 102 valence electrons. The van der Waals surface area contributed by atoms with Gasteiger partial charge in [0.05, 0.1) is 5.60 Å². The highest BCUT2D eigenvalue weighted by atomic mass is 16.3. The van der Waals surface area contributed by atoms with Crippen molar-refractivity contribution >= 4 is 0 Å². The van der Waals surface area contributed by atoms with Crippen LogP contribution in [0.1, 0.15) is 58.2 Å². The molecule has 0 amide bonds. The Balaban J connectivity index is 2.04. The van der Waals surface area contributed by atoms with Crippen LogP contribution < -0.4 is 0 Å². The second kappa shape index (κ2) is 5.83. The predicted octanol–water partition coefficient (Wildman–Crippen LogP) is 2.56. The molecule has 18 heavy (non-hydrogen) atoms. The van der Waals surface area contributed by atoms with E-state index in [-0.39, 0.29) is 0 Å². The third-order valence-corrected chi connectivity index (χ3v) is 4.12. The molecule has 1 aliphatic rings. The Morgan fingerprint density at radius 3 is 3.06 bits per heavy atom. The van der Waals surface area contributed by atoms with Crippen LogP contribution >= 0.6 is 0 Å². The van der Waals surface area contributed by atoms with E-state index in [4.69, 9.17) is 0 Å². The van der Waals surface area contributed by atoms with Crippen LogP contribution in [0.2, 0.25) is 0 Å². The van der Waals surface area contributed by atoms with E-state index in [9.17, 15) is 5.11 Å². The average Bonchev–Trinajstić information content (AvgIpc) is 2.76. The van der Waals surface area contributed by atoms with Crippen molar-refractivity contribution in [3.8, 4) is 0 Å². The van der Waals surface area contributed by atoms with Gasteiger partial charge in [-0.25, -0.2) is 4.98 Å². The van der Waals surface area contributed by atoms with Crippen molar-refractivity contribution in [3.05, 3.63) is 12.2 Å². The molecule has 2 atom stereocenters. The molecule has 2 rings (SSSR count). The van der Waals surface area contributed by atoms with E-state index in [2.05, 4.69) is 23.9 Å². The van der Waals surface area contributed by atoms with Crippen molar-refractivity contribution in [3.63, 3.8) is 0 Å². The van der Waals surface area contributed by atoms with Crippen molar-refractivity contribution < 1.29 is 5.11 Å². The number of nitrogens with zero attached hydrogens (tertiary/aromatic N) is 3. The molecular formula is C14H25N3O. The van der Waals surface area contributed by atoms with Gasteiger partial charge < -0.3 is 5.11 Å². The first-order chi connectivity index (χ1) is 8.67. The van der Waals surface area contributed by atoms with E-state index >= 15 is 0 Å². The number of hydrogen-bond acceptors (Lipinski definition) is 3. The molecule has 0 aromatic carbocycles. The van der Waals surface area contributed by atoms with Crippen molar-refractivity contribution in [1.29, 1.82) is 0 Å². The number of aryl methyl sites for hydroxylation is 1. The van der Waals surface area contributed by atoms with E-state index < -0.39 is 5.60 Å². The first kappa shape index (κ1) is 13.5. The molecule has 0 aliphatic heterocycles. The molecule has 0 saturated heterocycles. The van der Waals surface area contributed by atoms with Crippen LogP contribution in [-0.4, -0.2) is 25.5 Å². The Morgan fingerprint density at radius 2 is 2.33 bits per heavy atom. The number of hydrogen-bond donors (Lipinski definition) is 1. The maximum Gasteiger partial charge on any atom is 0.138 e. The first-order valence-corrected chi connectivity index (χ1v) is 7.26. The third kappa shape index (κ3) is 3.10. The van der Waals surface area contributed by atoms with E-state index in [1.165, 1.54) is 12.8 Å². The summed E-state index contributed by atoms with van der Waals surface area (Å²) in [5.74, 6) is 1.61. The molecule has 1 heterocycles. The highest BCUT2D eigenvalue weighted by Gasteiger charge is 2.35. The van der Waals surface area contributed by atoms with Gasteiger partial charge in [-0.05, 0) is 25.2 Å². The number of aromatic nitrogens is 3. The second-order valence-electron chi connectivity index (χ2n) is 5.67. The summed E-state index contributed by atoms with van der Waals surface area (Å²) in [5, 5.41) is 15.0. The van der Waals surface area contributed by atoms with Gasteiger partial charge in [0, 0.05) is 13.0 Å². The zero-order valence-corrected chi connectivity index (χ0v) is 11.6. The minimum absolute atomic E-state index is 0.558. The zero-order valence-electron chi connectivity index (χ0n) is 11.6. The third-order valence-electron chi connectivity index (χ3n) is 4.12. The molecule has 1 N–H and O–H groups in total. The number of aliphatic hydroxyl groups is 1. The lowest BCUT2D eigenvalue weighted by molar-refractivity contribution is -0.0185. The average molecular weight is 251 g/mol. The fourth-order valence-electron chi connectivity index (χ4n) is 3.09. The Morgan fingerprint density at radius 1 is 1.50 bits per heavy atom. The van der Waals surface area contributed by atoms with Gasteiger partial charge in [0.25, 0.3) is 0 Å². The molecule has 4 nitrogen and oxygen atoms in total. The maximum atomic E-state index is 10.8. The molecule has 4 heteroatoms. The molecule has 1 saturated carbocycles. The summed E-state index contributed by atoms with van der Waals surface area (Å²) >= 11 is 0.